The van der Waals surface area contributed by atoms with Crippen LogP contribution in [-0.4, -0.2) is 4.98 Å². The molecule has 0 aliphatic heterocycles. The summed E-state index contributed by atoms with van der Waals surface area (Å²) in [5.41, 5.74) is 1.53. The molecule has 18 heavy (non-hydrogen) atoms. The molecular formula is C13H14F2N2S. The second-order valence-electron chi connectivity index (χ2n) is 4.18. The Labute approximate surface area is 109 Å². The van der Waals surface area contributed by atoms with Crippen molar-refractivity contribution < 1.29 is 8.78 Å². The first-order valence-corrected chi connectivity index (χ1v) is 6.44. The summed E-state index contributed by atoms with van der Waals surface area (Å²) >= 11 is 1.61. The van der Waals surface area contributed by atoms with E-state index in [9.17, 15) is 8.78 Å². The molecule has 2 nitrogen and oxygen atoms in total. The summed E-state index contributed by atoms with van der Waals surface area (Å²) in [5.74, 6) is -1.68. The van der Waals surface area contributed by atoms with Crippen LogP contribution in [-0.2, 0) is 0 Å². The highest BCUT2D eigenvalue weighted by atomic mass is 32.1. The standard InChI is InChI=1S/C13H14F2N2S/c1-7-13(18-9(3)16-7)8(2)17-10-4-5-11(14)12(15)6-10/h4-6,8,17H,1-3H3. The minimum atomic E-state index is -0.843. The van der Waals surface area contributed by atoms with Gasteiger partial charge in [0.2, 0.25) is 0 Å². The SMILES string of the molecule is Cc1nc(C)c(C(C)Nc2ccc(F)c(F)c2)s1. The summed E-state index contributed by atoms with van der Waals surface area (Å²) < 4.78 is 25.9. The van der Waals surface area contributed by atoms with Crippen molar-refractivity contribution in [1.82, 2.24) is 4.98 Å². The van der Waals surface area contributed by atoms with E-state index in [2.05, 4.69) is 10.3 Å². The van der Waals surface area contributed by atoms with Gasteiger partial charge in [-0.1, -0.05) is 0 Å². The molecule has 2 aromatic rings. The summed E-state index contributed by atoms with van der Waals surface area (Å²) in [4.78, 5) is 5.46. The number of halogens is 2. The van der Waals surface area contributed by atoms with E-state index < -0.39 is 11.6 Å². The minimum Gasteiger partial charge on any atom is -0.378 e. The maximum Gasteiger partial charge on any atom is 0.160 e. The zero-order chi connectivity index (χ0) is 13.3. The van der Waals surface area contributed by atoms with Crippen LogP contribution in [0, 0.1) is 25.5 Å². The number of hydrogen-bond donors (Lipinski definition) is 1. The van der Waals surface area contributed by atoms with E-state index in [4.69, 9.17) is 0 Å². The average molecular weight is 268 g/mol. The number of anilines is 1. The molecule has 0 saturated carbocycles. The fraction of sp³-hybridized carbons (Fsp3) is 0.308. The van der Waals surface area contributed by atoms with E-state index in [0.717, 1.165) is 27.7 Å². The van der Waals surface area contributed by atoms with Crippen LogP contribution in [0.4, 0.5) is 14.5 Å². The van der Waals surface area contributed by atoms with Gasteiger partial charge in [0.15, 0.2) is 11.6 Å². The van der Waals surface area contributed by atoms with Crippen molar-refractivity contribution in [2.24, 2.45) is 0 Å². The zero-order valence-corrected chi connectivity index (χ0v) is 11.2. The van der Waals surface area contributed by atoms with Crippen LogP contribution in [0.2, 0.25) is 0 Å². The number of benzene rings is 1. The van der Waals surface area contributed by atoms with Gasteiger partial charge in [0, 0.05) is 16.6 Å². The average Bonchev–Trinajstić information content (AvgIpc) is 2.63. The van der Waals surface area contributed by atoms with Gasteiger partial charge in [0.1, 0.15) is 0 Å². The molecule has 0 spiro atoms. The van der Waals surface area contributed by atoms with Crippen molar-refractivity contribution in [3.63, 3.8) is 0 Å². The molecule has 0 fully saturated rings. The van der Waals surface area contributed by atoms with Crippen molar-refractivity contribution in [1.29, 1.82) is 0 Å². The molecule has 5 heteroatoms. The second-order valence-corrected chi connectivity index (χ2v) is 5.41. The topological polar surface area (TPSA) is 24.9 Å². The van der Waals surface area contributed by atoms with Crippen LogP contribution in [0.1, 0.15) is 28.5 Å². The third-order valence-corrected chi connectivity index (χ3v) is 3.89. The van der Waals surface area contributed by atoms with Crippen molar-refractivity contribution in [3.8, 4) is 0 Å². The molecule has 1 atom stereocenters. The Hall–Kier alpha value is -1.49. The molecule has 0 bridgehead atoms. The van der Waals surface area contributed by atoms with Crippen molar-refractivity contribution in [3.05, 3.63) is 45.4 Å². The third kappa shape index (κ3) is 2.67. The van der Waals surface area contributed by atoms with Crippen LogP contribution in [0.15, 0.2) is 18.2 Å². The Balaban J connectivity index is 2.18. The number of aryl methyl sites for hydroxylation is 2. The largest absolute Gasteiger partial charge is 0.378 e. The lowest BCUT2D eigenvalue weighted by Gasteiger charge is -2.14. The first-order chi connectivity index (χ1) is 8.47. The highest BCUT2D eigenvalue weighted by molar-refractivity contribution is 7.11. The maximum absolute atomic E-state index is 13.1. The van der Waals surface area contributed by atoms with Crippen LogP contribution in [0.5, 0.6) is 0 Å². The lowest BCUT2D eigenvalue weighted by molar-refractivity contribution is 0.509. The molecular weight excluding hydrogens is 254 g/mol. The Morgan fingerprint density at radius 1 is 1.22 bits per heavy atom. The fourth-order valence-electron chi connectivity index (χ4n) is 1.85. The molecule has 1 N–H and O–H groups in total. The molecule has 0 radical (unpaired) electrons. The molecule has 1 aromatic heterocycles. The van der Waals surface area contributed by atoms with Gasteiger partial charge in [0.05, 0.1) is 16.7 Å². The van der Waals surface area contributed by atoms with E-state index in [-0.39, 0.29) is 6.04 Å². The number of aromatic nitrogens is 1. The number of nitrogens with zero attached hydrogens (tertiary/aromatic N) is 1. The number of rotatable bonds is 3. The molecule has 0 saturated heterocycles. The summed E-state index contributed by atoms with van der Waals surface area (Å²) in [7, 11) is 0. The molecule has 0 aliphatic carbocycles. The lowest BCUT2D eigenvalue weighted by Crippen LogP contribution is -2.06. The lowest BCUT2D eigenvalue weighted by atomic mass is 10.2. The van der Waals surface area contributed by atoms with Crippen molar-refractivity contribution in [2.45, 2.75) is 26.8 Å². The van der Waals surface area contributed by atoms with Gasteiger partial charge in [-0.15, -0.1) is 11.3 Å². The van der Waals surface area contributed by atoms with Crippen LogP contribution < -0.4 is 5.32 Å². The van der Waals surface area contributed by atoms with Gasteiger partial charge < -0.3 is 5.32 Å². The molecule has 0 aliphatic rings. The van der Waals surface area contributed by atoms with E-state index in [1.54, 1.807) is 11.3 Å². The predicted octanol–water partition coefficient (Wildman–Crippen LogP) is 4.21. The van der Waals surface area contributed by atoms with Gasteiger partial charge in [0.25, 0.3) is 0 Å². The highest BCUT2D eigenvalue weighted by Gasteiger charge is 2.13. The molecule has 2 rings (SSSR count). The fourth-order valence-corrected chi connectivity index (χ4v) is 2.78. The monoisotopic (exact) mass is 268 g/mol. The van der Waals surface area contributed by atoms with E-state index >= 15 is 0 Å². The molecule has 1 unspecified atom stereocenters. The van der Waals surface area contributed by atoms with Crippen molar-refractivity contribution >= 4 is 17.0 Å². The molecule has 0 amide bonds. The number of nitrogens with one attached hydrogen (secondary N) is 1. The molecule has 1 heterocycles. The van der Waals surface area contributed by atoms with Crippen LogP contribution in [0.25, 0.3) is 0 Å². The van der Waals surface area contributed by atoms with E-state index in [1.807, 2.05) is 20.8 Å². The van der Waals surface area contributed by atoms with Crippen LogP contribution >= 0.6 is 11.3 Å². The summed E-state index contributed by atoms with van der Waals surface area (Å²) in [6, 6.07) is 3.82. The van der Waals surface area contributed by atoms with Gasteiger partial charge in [-0.25, -0.2) is 13.8 Å². The summed E-state index contributed by atoms with van der Waals surface area (Å²) in [6.45, 7) is 5.87. The molecule has 96 valence electrons. The van der Waals surface area contributed by atoms with Gasteiger partial charge in [-0.05, 0) is 32.9 Å². The zero-order valence-electron chi connectivity index (χ0n) is 10.4. The smallest absolute Gasteiger partial charge is 0.160 e. The quantitative estimate of drug-likeness (QED) is 0.902. The first-order valence-electron chi connectivity index (χ1n) is 5.63. The van der Waals surface area contributed by atoms with Gasteiger partial charge in [-0.2, -0.15) is 0 Å². The highest BCUT2D eigenvalue weighted by Crippen LogP contribution is 2.27. The Morgan fingerprint density at radius 3 is 2.50 bits per heavy atom. The predicted molar refractivity (Wildman–Crippen MR) is 70.0 cm³/mol. The maximum atomic E-state index is 13.1. The Bertz CT molecular complexity index is 566. The number of thiazole rings is 1. The number of hydrogen-bond acceptors (Lipinski definition) is 3. The van der Waals surface area contributed by atoms with Crippen LogP contribution in [0.3, 0.4) is 0 Å². The summed E-state index contributed by atoms with van der Waals surface area (Å²) in [6.07, 6.45) is 0. The van der Waals surface area contributed by atoms with Gasteiger partial charge >= 0.3 is 0 Å². The van der Waals surface area contributed by atoms with Gasteiger partial charge in [-0.3, -0.25) is 0 Å². The van der Waals surface area contributed by atoms with E-state index in [0.29, 0.717) is 5.69 Å². The van der Waals surface area contributed by atoms with Crippen molar-refractivity contribution in [2.75, 3.05) is 5.32 Å². The minimum absolute atomic E-state index is 0.0149. The summed E-state index contributed by atoms with van der Waals surface area (Å²) in [5, 5.41) is 4.15. The first kappa shape index (κ1) is 13.0. The Kier molecular flexibility index (Phi) is 3.61. The third-order valence-electron chi connectivity index (χ3n) is 2.64. The normalized spacial score (nSPS) is 12.5. The van der Waals surface area contributed by atoms with E-state index in [1.165, 1.54) is 6.07 Å². The second kappa shape index (κ2) is 5.02. The Morgan fingerprint density at radius 2 is 1.94 bits per heavy atom. The molecule has 1 aromatic carbocycles.